The van der Waals surface area contributed by atoms with Crippen molar-refractivity contribution in [3.8, 4) is 0 Å². The molecule has 0 radical (unpaired) electrons. The normalized spacial score (nSPS) is 25.1. The van der Waals surface area contributed by atoms with Crippen LogP contribution in [0.1, 0.15) is 36.8 Å². The molecule has 2 heteroatoms. The molecule has 90 valence electrons. The van der Waals surface area contributed by atoms with Gasteiger partial charge in [0.2, 0.25) is 0 Å². The molecule has 1 aliphatic carbocycles. The van der Waals surface area contributed by atoms with E-state index in [2.05, 4.69) is 28.4 Å². The second kappa shape index (κ2) is 3.49. The predicted molar refractivity (Wildman–Crippen MR) is 70.1 cm³/mol. The van der Waals surface area contributed by atoms with Crippen LogP contribution in [0.2, 0.25) is 0 Å². The van der Waals surface area contributed by atoms with Crippen LogP contribution in [0.4, 0.5) is 5.69 Å². The average molecular weight is 228 g/mol. The first-order valence-corrected chi connectivity index (χ1v) is 6.92. The lowest BCUT2D eigenvalue weighted by atomic mass is 9.93. The maximum absolute atomic E-state index is 3.42. The Morgan fingerprint density at radius 2 is 1.71 bits per heavy atom. The van der Waals surface area contributed by atoms with Crippen molar-refractivity contribution < 1.29 is 0 Å². The first-order valence-electron chi connectivity index (χ1n) is 6.92. The molecule has 1 spiro atoms. The Balaban J connectivity index is 1.54. The zero-order valence-corrected chi connectivity index (χ0v) is 10.3. The second-order valence-electron chi connectivity index (χ2n) is 6.04. The summed E-state index contributed by atoms with van der Waals surface area (Å²) in [5.74, 6) is 0. The molecule has 2 heterocycles. The SMILES string of the molecule is c1cc2c(cc1N1CCC3(CC1)CC3)CNC2. The molecule has 3 aliphatic rings. The van der Waals surface area contributed by atoms with Gasteiger partial charge in [-0.05, 0) is 54.4 Å². The van der Waals surface area contributed by atoms with Crippen molar-refractivity contribution in [3.05, 3.63) is 29.3 Å². The lowest BCUT2D eigenvalue weighted by Crippen LogP contribution is -2.34. The lowest BCUT2D eigenvalue weighted by molar-refractivity contribution is 0.384. The molecule has 1 saturated heterocycles. The van der Waals surface area contributed by atoms with Gasteiger partial charge in [0.05, 0.1) is 0 Å². The van der Waals surface area contributed by atoms with Crippen LogP contribution in [0.5, 0.6) is 0 Å². The van der Waals surface area contributed by atoms with Crippen molar-refractivity contribution in [1.29, 1.82) is 0 Å². The van der Waals surface area contributed by atoms with Crippen LogP contribution in [0.15, 0.2) is 18.2 Å². The number of fused-ring (bicyclic) bond motifs is 1. The summed E-state index contributed by atoms with van der Waals surface area (Å²) in [6, 6.07) is 7.03. The molecule has 0 bridgehead atoms. The molecule has 2 aliphatic heterocycles. The Morgan fingerprint density at radius 3 is 2.47 bits per heavy atom. The lowest BCUT2D eigenvalue weighted by Gasteiger charge is -2.34. The first-order chi connectivity index (χ1) is 8.35. The highest BCUT2D eigenvalue weighted by Gasteiger charge is 2.44. The second-order valence-corrected chi connectivity index (χ2v) is 6.04. The van der Waals surface area contributed by atoms with E-state index in [1.807, 2.05) is 0 Å². The van der Waals surface area contributed by atoms with Crippen molar-refractivity contribution in [3.63, 3.8) is 0 Å². The fourth-order valence-corrected chi connectivity index (χ4v) is 3.39. The number of hydrogen-bond acceptors (Lipinski definition) is 2. The summed E-state index contributed by atoms with van der Waals surface area (Å²) >= 11 is 0. The van der Waals surface area contributed by atoms with E-state index < -0.39 is 0 Å². The summed E-state index contributed by atoms with van der Waals surface area (Å²) in [5.41, 5.74) is 5.23. The van der Waals surface area contributed by atoms with E-state index in [4.69, 9.17) is 0 Å². The molecule has 2 nitrogen and oxygen atoms in total. The van der Waals surface area contributed by atoms with Crippen LogP contribution < -0.4 is 10.2 Å². The molecule has 1 aromatic rings. The van der Waals surface area contributed by atoms with Gasteiger partial charge in [0.25, 0.3) is 0 Å². The third-order valence-electron chi connectivity index (χ3n) is 4.97. The number of hydrogen-bond donors (Lipinski definition) is 1. The van der Waals surface area contributed by atoms with Crippen LogP contribution in [0.25, 0.3) is 0 Å². The van der Waals surface area contributed by atoms with E-state index >= 15 is 0 Å². The maximum Gasteiger partial charge on any atom is 0.0369 e. The minimum Gasteiger partial charge on any atom is -0.371 e. The molecular formula is C15H20N2. The Bertz CT molecular complexity index is 438. The average Bonchev–Trinajstić information content (AvgIpc) is 2.95. The number of nitrogens with zero attached hydrogens (tertiary/aromatic N) is 1. The third kappa shape index (κ3) is 1.66. The van der Waals surface area contributed by atoms with Crippen LogP contribution in [-0.4, -0.2) is 13.1 Å². The number of anilines is 1. The smallest absolute Gasteiger partial charge is 0.0369 e. The fraction of sp³-hybridized carbons (Fsp3) is 0.600. The standard InChI is InChI=1S/C15H20N2/c1-2-14(9-13-11-16-10-12(1)13)17-7-5-15(3-4-15)6-8-17/h1-2,9,16H,3-8,10-11H2. The number of piperidine rings is 1. The molecule has 17 heavy (non-hydrogen) atoms. The zero-order valence-electron chi connectivity index (χ0n) is 10.3. The fourth-order valence-electron chi connectivity index (χ4n) is 3.39. The van der Waals surface area contributed by atoms with Gasteiger partial charge in [0.1, 0.15) is 0 Å². The van der Waals surface area contributed by atoms with Gasteiger partial charge in [-0.2, -0.15) is 0 Å². The minimum atomic E-state index is 0.786. The van der Waals surface area contributed by atoms with E-state index in [0.717, 1.165) is 18.5 Å². The highest BCUT2D eigenvalue weighted by molar-refractivity contribution is 5.52. The molecule has 0 atom stereocenters. The number of rotatable bonds is 1. The maximum atomic E-state index is 3.42. The monoisotopic (exact) mass is 228 g/mol. The minimum absolute atomic E-state index is 0.786. The van der Waals surface area contributed by atoms with E-state index in [1.54, 1.807) is 0 Å². The van der Waals surface area contributed by atoms with Gasteiger partial charge in [-0.15, -0.1) is 0 Å². The molecule has 2 fully saturated rings. The van der Waals surface area contributed by atoms with E-state index in [1.165, 1.54) is 55.6 Å². The summed E-state index contributed by atoms with van der Waals surface area (Å²) < 4.78 is 0. The van der Waals surface area contributed by atoms with Crippen LogP contribution >= 0.6 is 0 Å². The highest BCUT2D eigenvalue weighted by Crippen LogP contribution is 2.53. The van der Waals surface area contributed by atoms with Gasteiger partial charge in [-0.1, -0.05) is 6.07 Å². The van der Waals surface area contributed by atoms with Gasteiger partial charge in [0.15, 0.2) is 0 Å². The topological polar surface area (TPSA) is 15.3 Å². The van der Waals surface area contributed by atoms with Crippen LogP contribution in [0.3, 0.4) is 0 Å². The Labute approximate surface area is 103 Å². The summed E-state index contributed by atoms with van der Waals surface area (Å²) in [6.07, 6.45) is 5.83. The first kappa shape index (κ1) is 9.95. The molecule has 0 aromatic heterocycles. The summed E-state index contributed by atoms with van der Waals surface area (Å²) in [5, 5.41) is 3.42. The number of benzene rings is 1. The molecule has 0 amide bonds. The van der Waals surface area contributed by atoms with Crippen molar-refractivity contribution >= 4 is 5.69 Å². The predicted octanol–water partition coefficient (Wildman–Crippen LogP) is 2.67. The summed E-state index contributed by atoms with van der Waals surface area (Å²) in [4.78, 5) is 2.59. The molecule has 1 aromatic carbocycles. The molecular weight excluding hydrogens is 208 g/mol. The Kier molecular flexibility index (Phi) is 2.04. The largest absolute Gasteiger partial charge is 0.371 e. The van der Waals surface area contributed by atoms with Gasteiger partial charge >= 0.3 is 0 Å². The van der Waals surface area contributed by atoms with Crippen molar-refractivity contribution in [2.45, 2.75) is 38.8 Å². The Hall–Kier alpha value is -1.02. The molecule has 1 N–H and O–H groups in total. The van der Waals surface area contributed by atoms with E-state index in [9.17, 15) is 0 Å². The van der Waals surface area contributed by atoms with Gasteiger partial charge in [-0.25, -0.2) is 0 Å². The van der Waals surface area contributed by atoms with Crippen molar-refractivity contribution in [2.75, 3.05) is 18.0 Å². The summed E-state index contributed by atoms with van der Waals surface area (Å²) in [7, 11) is 0. The van der Waals surface area contributed by atoms with Crippen molar-refractivity contribution in [2.24, 2.45) is 5.41 Å². The van der Waals surface area contributed by atoms with E-state index in [0.29, 0.717) is 0 Å². The third-order valence-corrected chi connectivity index (χ3v) is 4.97. The molecule has 4 rings (SSSR count). The highest BCUT2D eigenvalue weighted by atomic mass is 15.1. The Morgan fingerprint density at radius 1 is 0.941 bits per heavy atom. The van der Waals surface area contributed by atoms with Gasteiger partial charge in [-0.3, -0.25) is 0 Å². The van der Waals surface area contributed by atoms with Crippen molar-refractivity contribution in [1.82, 2.24) is 5.32 Å². The summed E-state index contributed by atoms with van der Waals surface area (Å²) in [6.45, 7) is 4.65. The molecule has 0 unspecified atom stereocenters. The van der Waals surface area contributed by atoms with Gasteiger partial charge in [0, 0.05) is 31.9 Å². The van der Waals surface area contributed by atoms with Gasteiger partial charge < -0.3 is 10.2 Å². The molecule has 1 saturated carbocycles. The number of nitrogens with one attached hydrogen (secondary N) is 1. The van der Waals surface area contributed by atoms with E-state index in [-0.39, 0.29) is 0 Å². The van der Waals surface area contributed by atoms with Crippen LogP contribution in [0, 0.1) is 5.41 Å². The van der Waals surface area contributed by atoms with Crippen LogP contribution in [-0.2, 0) is 13.1 Å². The quantitative estimate of drug-likeness (QED) is 0.795. The zero-order chi connectivity index (χ0) is 11.3.